The van der Waals surface area contributed by atoms with Gasteiger partial charge in [0.15, 0.2) is 11.6 Å². The van der Waals surface area contributed by atoms with E-state index in [0.717, 1.165) is 30.6 Å². The minimum Gasteiger partial charge on any atom is -0.493 e. The Labute approximate surface area is 170 Å². The third-order valence-corrected chi connectivity index (χ3v) is 6.85. The van der Waals surface area contributed by atoms with Crippen LogP contribution >= 0.6 is 0 Å². The van der Waals surface area contributed by atoms with Gasteiger partial charge in [-0.2, -0.15) is 0 Å². The first kappa shape index (κ1) is 21.2. The van der Waals surface area contributed by atoms with Crippen molar-refractivity contribution in [3.05, 3.63) is 36.7 Å². The molecule has 1 aromatic rings. The lowest BCUT2D eigenvalue weighted by Crippen LogP contribution is -2.27. The van der Waals surface area contributed by atoms with Crippen LogP contribution in [0.25, 0.3) is 0 Å². The number of ether oxygens (including phenoxy) is 2. The van der Waals surface area contributed by atoms with Crippen LogP contribution in [0.15, 0.2) is 30.9 Å². The van der Waals surface area contributed by atoms with Crippen LogP contribution in [-0.2, 0) is 0 Å². The molecule has 2 fully saturated rings. The van der Waals surface area contributed by atoms with Gasteiger partial charge in [-0.15, -0.1) is 6.58 Å². The highest BCUT2D eigenvalue weighted by Gasteiger charge is 2.30. The van der Waals surface area contributed by atoms with Gasteiger partial charge in [0.05, 0.1) is 13.2 Å². The monoisotopic (exact) mass is 388 g/mol. The van der Waals surface area contributed by atoms with Crippen LogP contribution in [0.1, 0.15) is 71.1 Å². The highest BCUT2D eigenvalue weighted by Crippen LogP contribution is 2.41. The predicted octanol–water partition coefficient (Wildman–Crippen LogP) is 7.18. The Morgan fingerprint density at radius 1 is 1.00 bits per heavy atom. The lowest BCUT2D eigenvalue weighted by atomic mass is 9.69. The third-order valence-electron chi connectivity index (χ3n) is 6.85. The van der Waals surface area contributed by atoms with Crippen molar-refractivity contribution in [2.24, 2.45) is 23.7 Å². The Morgan fingerprint density at radius 3 is 2.29 bits per heavy atom. The Hall–Kier alpha value is -1.51. The van der Waals surface area contributed by atoms with Crippen molar-refractivity contribution < 1.29 is 13.9 Å². The average molecular weight is 389 g/mol. The number of benzene rings is 1. The quantitative estimate of drug-likeness (QED) is 0.329. The normalized spacial score (nSPS) is 27.9. The maximum atomic E-state index is 14.1. The van der Waals surface area contributed by atoms with Crippen LogP contribution in [0.3, 0.4) is 0 Å². The van der Waals surface area contributed by atoms with E-state index in [2.05, 4.69) is 19.6 Å². The first-order valence-corrected chi connectivity index (χ1v) is 11.4. The highest BCUT2D eigenvalue weighted by atomic mass is 19.1. The Bertz CT molecular complexity index is 599. The summed E-state index contributed by atoms with van der Waals surface area (Å²) in [5.41, 5.74) is 0. The lowest BCUT2D eigenvalue weighted by Gasteiger charge is -2.37. The molecule has 0 heterocycles. The van der Waals surface area contributed by atoms with Gasteiger partial charge in [0.2, 0.25) is 0 Å². The smallest absolute Gasteiger partial charge is 0.168 e. The zero-order chi connectivity index (χ0) is 19.8. The summed E-state index contributed by atoms with van der Waals surface area (Å²) >= 11 is 0. The van der Waals surface area contributed by atoms with E-state index in [-0.39, 0.29) is 5.82 Å². The number of allylic oxidation sites excluding steroid dienone is 1. The molecule has 2 nitrogen and oxygen atoms in total. The summed E-state index contributed by atoms with van der Waals surface area (Å²) in [4.78, 5) is 0. The molecule has 28 heavy (non-hydrogen) atoms. The molecule has 3 heteroatoms. The van der Waals surface area contributed by atoms with E-state index in [9.17, 15) is 4.39 Å². The van der Waals surface area contributed by atoms with E-state index in [1.54, 1.807) is 6.07 Å². The summed E-state index contributed by atoms with van der Waals surface area (Å²) in [5, 5.41) is 0. The second-order valence-electron chi connectivity index (χ2n) is 8.80. The van der Waals surface area contributed by atoms with Gasteiger partial charge in [0, 0.05) is 6.07 Å². The second kappa shape index (κ2) is 10.9. The highest BCUT2D eigenvalue weighted by molar-refractivity contribution is 5.33. The fourth-order valence-corrected chi connectivity index (χ4v) is 4.91. The van der Waals surface area contributed by atoms with Crippen LogP contribution in [-0.4, -0.2) is 13.2 Å². The van der Waals surface area contributed by atoms with Crippen molar-refractivity contribution >= 4 is 0 Å². The molecule has 0 radical (unpaired) electrons. The Morgan fingerprint density at radius 2 is 1.68 bits per heavy atom. The molecule has 0 spiro atoms. The average Bonchev–Trinajstić information content (AvgIpc) is 2.74. The molecule has 2 saturated carbocycles. The van der Waals surface area contributed by atoms with Gasteiger partial charge < -0.3 is 9.47 Å². The van der Waals surface area contributed by atoms with Gasteiger partial charge in [-0.1, -0.05) is 19.4 Å². The second-order valence-corrected chi connectivity index (χ2v) is 8.80. The van der Waals surface area contributed by atoms with Crippen LogP contribution in [0.2, 0.25) is 0 Å². The first-order chi connectivity index (χ1) is 13.7. The van der Waals surface area contributed by atoms with Gasteiger partial charge in [0.25, 0.3) is 0 Å². The van der Waals surface area contributed by atoms with Crippen LogP contribution in [0.4, 0.5) is 4.39 Å². The van der Waals surface area contributed by atoms with Gasteiger partial charge in [-0.3, -0.25) is 0 Å². The molecule has 156 valence electrons. The van der Waals surface area contributed by atoms with Crippen LogP contribution in [0, 0.1) is 29.5 Å². The molecule has 0 atom stereocenters. The summed E-state index contributed by atoms with van der Waals surface area (Å²) < 4.78 is 25.5. The van der Waals surface area contributed by atoms with Gasteiger partial charge >= 0.3 is 0 Å². The molecule has 2 aliphatic rings. The number of rotatable bonds is 9. The van der Waals surface area contributed by atoms with Crippen molar-refractivity contribution in [1.29, 1.82) is 0 Å². The van der Waals surface area contributed by atoms with E-state index < -0.39 is 0 Å². The molecule has 1 aromatic carbocycles. The van der Waals surface area contributed by atoms with Crippen molar-refractivity contribution in [3.63, 3.8) is 0 Å². The molecule has 0 bridgehead atoms. The standard InChI is InChI=1S/C25H37FO2/c1-3-5-16-27-25-15-14-23(17-24(25)26)28-18-20-8-12-22(13-9-20)21-10-6-19(4-2)7-11-21/h4,14-15,17,19-22H,2-3,5-13,16,18H2,1H3. The molecule has 0 aliphatic heterocycles. The summed E-state index contributed by atoms with van der Waals surface area (Å²) in [7, 11) is 0. The van der Waals surface area contributed by atoms with Gasteiger partial charge in [0.1, 0.15) is 5.75 Å². The minimum absolute atomic E-state index is 0.326. The number of unbranched alkanes of at least 4 members (excludes halogenated alkanes) is 1. The summed E-state index contributed by atoms with van der Waals surface area (Å²) in [6.45, 7) is 7.32. The predicted molar refractivity (Wildman–Crippen MR) is 113 cm³/mol. The van der Waals surface area contributed by atoms with E-state index >= 15 is 0 Å². The largest absolute Gasteiger partial charge is 0.493 e. The molecule has 0 N–H and O–H groups in total. The minimum atomic E-state index is -0.326. The number of hydrogen-bond acceptors (Lipinski definition) is 2. The summed E-state index contributed by atoms with van der Waals surface area (Å²) in [5.74, 6) is 3.80. The molecule has 0 amide bonds. The van der Waals surface area contributed by atoms with Crippen molar-refractivity contribution in [3.8, 4) is 11.5 Å². The number of halogens is 1. The first-order valence-electron chi connectivity index (χ1n) is 11.4. The van der Waals surface area contributed by atoms with E-state index in [4.69, 9.17) is 9.47 Å². The molecule has 2 aliphatic carbocycles. The summed E-state index contributed by atoms with van der Waals surface area (Å²) in [6.07, 6.45) is 14.7. The maximum absolute atomic E-state index is 14.1. The molecule has 0 saturated heterocycles. The zero-order valence-electron chi connectivity index (χ0n) is 17.5. The van der Waals surface area contributed by atoms with Crippen molar-refractivity contribution in [1.82, 2.24) is 0 Å². The lowest BCUT2D eigenvalue weighted by molar-refractivity contribution is 0.129. The van der Waals surface area contributed by atoms with Crippen LogP contribution < -0.4 is 9.47 Å². The topological polar surface area (TPSA) is 18.5 Å². The zero-order valence-corrected chi connectivity index (χ0v) is 17.5. The van der Waals surface area contributed by atoms with E-state index in [1.165, 1.54) is 57.4 Å². The molecule has 0 aromatic heterocycles. The Kier molecular flexibility index (Phi) is 8.24. The van der Waals surface area contributed by atoms with E-state index in [1.807, 2.05) is 6.07 Å². The van der Waals surface area contributed by atoms with E-state index in [0.29, 0.717) is 30.6 Å². The molecular weight excluding hydrogens is 351 g/mol. The van der Waals surface area contributed by atoms with Gasteiger partial charge in [-0.25, -0.2) is 4.39 Å². The number of hydrogen-bond donors (Lipinski definition) is 0. The van der Waals surface area contributed by atoms with Crippen molar-refractivity contribution in [2.45, 2.75) is 71.1 Å². The van der Waals surface area contributed by atoms with Gasteiger partial charge in [-0.05, 0) is 93.6 Å². The van der Waals surface area contributed by atoms with Crippen molar-refractivity contribution in [2.75, 3.05) is 13.2 Å². The SMILES string of the molecule is C=CC1CCC(C2CCC(COc3ccc(OCCCC)c(F)c3)CC2)CC1. The fraction of sp³-hybridized carbons (Fsp3) is 0.680. The Balaban J connectivity index is 1.38. The molecular formula is C25H37FO2. The molecule has 0 unspecified atom stereocenters. The van der Waals surface area contributed by atoms with Crippen LogP contribution in [0.5, 0.6) is 11.5 Å². The fourth-order valence-electron chi connectivity index (χ4n) is 4.91. The third kappa shape index (κ3) is 5.99. The molecule has 3 rings (SSSR count). The maximum Gasteiger partial charge on any atom is 0.168 e. The summed E-state index contributed by atoms with van der Waals surface area (Å²) in [6, 6.07) is 4.98.